The van der Waals surface area contributed by atoms with Gasteiger partial charge in [0.25, 0.3) is 0 Å². The molecule has 1 aliphatic rings. The SMILES string of the molecule is CC1(C)Oc2ccc([C@@H](O)C(=O)O)cc2O1. The van der Waals surface area contributed by atoms with Crippen LogP contribution in [-0.2, 0) is 4.79 Å². The van der Waals surface area contributed by atoms with Crippen molar-refractivity contribution < 1.29 is 24.5 Å². The van der Waals surface area contributed by atoms with Crippen LogP contribution < -0.4 is 9.47 Å². The van der Waals surface area contributed by atoms with E-state index < -0.39 is 17.9 Å². The number of hydrogen-bond donors (Lipinski definition) is 2. The van der Waals surface area contributed by atoms with E-state index >= 15 is 0 Å². The predicted octanol–water partition coefficient (Wildman–Crippen LogP) is 1.31. The summed E-state index contributed by atoms with van der Waals surface area (Å²) in [6, 6.07) is 4.57. The lowest BCUT2D eigenvalue weighted by Crippen LogP contribution is -2.29. The Morgan fingerprint density at radius 1 is 1.31 bits per heavy atom. The quantitative estimate of drug-likeness (QED) is 0.792. The van der Waals surface area contributed by atoms with E-state index in [0.29, 0.717) is 11.5 Å². The van der Waals surface area contributed by atoms with Crippen LogP contribution in [0.25, 0.3) is 0 Å². The van der Waals surface area contributed by atoms with E-state index in [2.05, 4.69) is 0 Å². The molecule has 2 rings (SSSR count). The molecule has 1 heterocycles. The standard InChI is InChI=1S/C11H12O5/c1-11(2)15-7-4-3-6(5-8(7)16-11)9(12)10(13)14/h3-5,9,12H,1-2H3,(H,13,14)/t9-/m1/s1. The van der Waals surface area contributed by atoms with Crippen molar-refractivity contribution in [2.45, 2.75) is 25.7 Å². The Morgan fingerprint density at radius 3 is 2.56 bits per heavy atom. The van der Waals surface area contributed by atoms with Gasteiger partial charge in [0.15, 0.2) is 17.6 Å². The van der Waals surface area contributed by atoms with Crippen LogP contribution in [0.1, 0.15) is 25.5 Å². The number of fused-ring (bicyclic) bond motifs is 1. The van der Waals surface area contributed by atoms with E-state index in [0.717, 1.165) is 0 Å². The summed E-state index contributed by atoms with van der Waals surface area (Å²) in [5.74, 6) is -1.05. The molecule has 0 bridgehead atoms. The molecule has 16 heavy (non-hydrogen) atoms. The Labute approximate surface area is 92.2 Å². The molecule has 5 heteroatoms. The summed E-state index contributed by atoms with van der Waals surface area (Å²) in [5, 5.41) is 18.0. The molecule has 0 saturated carbocycles. The van der Waals surface area contributed by atoms with Crippen LogP contribution in [0.15, 0.2) is 18.2 Å². The van der Waals surface area contributed by atoms with Gasteiger partial charge in [-0.05, 0) is 17.7 Å². The zero-order chi connectivity index (χ0) is 11.9. The molecule has 0 unspecified atom stereocenters. The zero-order valence-corrected chi connectivity index (χ0v) is 8.93. The van der Waals surface area contributed by atoms with Crippen molar-refractivity contribution in [2.24, 2.45) is 0 Å². The summed E-state index contributed by atoms with van der Waals surface area (Å²) in [6.07, 6.45) is -1.54. The maximum Gasteiger partial charge on any atom is 0.337 e. The molecule has 0 spiro atoms. The van der Waals surface area contributed by atoms with Crippen molar-refractivity contribution in [2.75, 3.05) is 0 Å². The van der Waals surface area contributed by atoms with Crippen molar-refractivity contribution in [1.29, 1.82) is 0 Å². The third kappa shape index (κ3) is 1.81. The summed E-state index contributed by atoms with van der Waals surface area (Å²) >= 11 is 0. The molecule has 1 aromatic carbocycles. The van der Waals surface area contributed by atoms with Crippen LogP contribution in [0.5, 0.6) is 11.5 Å². The van der Waals surface area contributed by atoms with Crippen LogP contribution in [-0.4, -0.2) is 22.0 Å². The van der Waals surface area contributed by atoms with Crippen molar-refractivity contribution in [3.63, 3.8) is 0 Å². The van der Waals surface area contributed by atoms with Crippen molar-refractivity contribution in [1.82, 2.24) is 0 Å². The molecule has 86 valence electrons. The van der Waals surface area contributed by atoms with Gasteiger partial charge in [-0.15, -0.1) is 0 Å². The summed E-state index contributed by atoms with van der Waals surface area (Å²) in [4.78, 5) is 10.6. The van der Waals surface area contributed by atoms with Gasteiger partial charge in [-0.1, -0.05) is 6.07 Å². The van der Waals surface area contributed by atoms with Crippen molar-refractivity contribution in [3.8, 4) is 11.5 Å². The molecule has 0 aromatic heterocycles. The molecule has 0 amide bonds. The van der Waals surface area contributed by atoms with E-state index in [4.69, 9.17) is 14.6 Å². The number of carboxylic acids is 1. The molecule has 0 saturated heterocycles. The van der Waals surface area contributed by atoms with Crippen LogP contribution in [0.3, 0.4) is 0 Å². The van der Waals surface area contributed by atoms with Gasteiger partial charge in [0, 0.05) is 13.8 Å². The third-order valence-electron chi connectivity index (χ3n) is 2.23. The van der Waals surface area contributed by atoms with Gasteiger partial charge in [-0.25, -0.2) is 4.79 Å². The van der Waals surface area contributed by atoms with E-state index in [1.54, 1.807) is 19.9 Å². The Kier molecular flexibility index (Phi) is 2.27. The second-order valence-corrected chi connectivity index (χ2v) is 4.05. The summed E-state index contributed by atoms with van der Waals surface area (Å²) in [6.45, 7) is 3.50. The third-order valence-corrected chi connectivity index (χ3v) is 2.23. The molecule has 1 aliphatic heterocycles. The fourth-order valence-electron chi connectivity index (χ4n) is 1.55. The number of hydrogen-bond acceptors (Lipinski definition) is 4. The molecule has 1 atom stereocenters. The Balaban J connectivity index is 2.32. The van der Waals surface area contributed by atoms with Gasteiger partial charge in [0.05, 0.1) is 0 Å². The molecular weight excluding hydrogens is 212 g/mol. The normalized spacial score (nSPS) is 18.2. The minimum absolute atomic E-state index is 0.271. The molecule has 2 N–H and O–H groups in total. The zero-order valence-electron chi connectivity index (χ0n) is 8.93. The first-order valence-corrected chi connectivity index (χ1v) is 4.82. The van der Waals surface area contributed by atoms with Gasteiger partial charge < -0.3 is 19.7 Å². The van der Waals surface area contributed by atoms with E-state index in [1.807, 2.05) is 0 Å². The minimum Gasteiger partial charge on any atom is -0.479 e. The molecule has 5 nitrogen and oxygen atoms in total. The molecule has 0 fully saturated rings. The highest BCUT2D eigenvalue weighted by Crippen LogP contribution is 2.40. The first-order valence-electron chi connectivity index (χ1n) is 4.82. The maximum atomic E-state index is 10.6. The van der Waals surface area contributed by atoms with Crippen LogP contribution in [0.2, 0.25) is 0 Å². The first-order chi connectivity index (χ1) is 7.39. The minimum atomic E-state index is -1.54. The number of rotatable bonds is 2. The molecule has 0 radical (unpaired) electrons. The first kappa shape index (κ1) is 10.8. The number of carbonyl (C=O) groups is 1. The topological polar surface area (TPSA) is 76.0 Å². The Bertz CT molecular complexity index is 438. The Morgan fingerprint density at radius 2 is 1.94 bits per heavy atom. The largest absolute Gasteiger partial charge is 0.479 e. The second-order valence-electron chi connectivity index (χ2n) is 4.05. The average Bonchev–Trinajstić information content (AvgIpc) is 2.48. The number of ether oxygens (including phenoxy) is 2. The Hall–Kier alpha value is -1.75. The van der Waals surface area contributed by atoms with Crippen LogP contribution in [0.4, 0.5) is 0 Å². The number of carboxylic acid groups (broad SMARTS) is 1. The van der Waals surface area contributed by atoms with E-state index in [1.165, 1.54) is 12.1 Å². The summed E-state index contributed by atoms with van der Waals surface area (Å²) in [7, 11) is 0. The van der Waals surface area contributed by atoms with Crippen LogP contribution in [0, 0.1) is 0 Å². The predicted molar refractivity (Wildman–Crippen MR) is 54.4 cm³/mol. The lowest BCUT2D eigenvalue weighted by atomic mass is 10.1. The smallest absolute Gasteiger partial charge is 0.337 e. The lowest BCUT2D eigenvalue weighted by Gasteiger charge is -2.16. The highest BCUT2D eigenvalue weighted by atomic mass is 16.7. The van der Waals surface area contributed by atoms with Gasteiger partial charge in [0.1, 0.15) is 0 Å². The van der Waals surface area contributed by atoms with Gasteiger partial charge in [0.2, 0.25) is 5.79 Å². The van der Waals surface area contributed by atoms with Crippen molar-refractivity contribution >= 4 is 5.97 Å². The van der Waals surface area contributed by atoms with Crippen molar-refractivity contribution in [3.05, 3.63) is 23.8 Å². The number of benzene rings is 1. The highest BCUT2D eigenvalue weighted by Gasteiger charge is 2.32. The number of aliphatic hydroxyl groups excluding tert-OH is 1. The van der Waals surface area contributed by atoms with E-state index in [9.17, 15) is 9.90 Å². The van der Waals surface area contributed by atoms with E-state index in [-0.39, 0.29) is 5.56 Å². The summed E-state index contributed by atoms with van der Waals surface area (Å²) < 4.78 is 10.9. The monoisotopic (exact) mass is 224 g/mol. The fourth-order valence-corrected chi connectivity index (χ4v) is 1.55. The maximum absolute atomic E-state index is 10.6. The van der Waals surface area contributed by atoms with Crippen LogP contribution >= 0.6 is 0 Å². The lowest BCUT2D eigenvalue weighted by molar-refractivity contribution is -0.146. The second kappa shape index (κ2) is 3.38. The molecular formula is C11H12O5. The fraction of sp³-hybridized carbons (Fsp3) is 0.364. The highest BCUT2D eigenvalue weighted by molar-refractivity contribution is 5.74. The number of aliphatic carboxylic acids is 1. The van der Waals surface area contributed by atoms with Gasteiger partial charge in [-0.3, -0.25) is 0 Å². The summed E-state index contributed by atoms with van der Waals surface area (Å²) in [5.41, 5.74) is 0.271. The molecule has 0 aliphatic carbocycles. The van der Waals surface area contributed by atoms with Gasteiger partial charge >= 0.3 is 5.97 Å². The van der Waals surface area contributed by atoms with Gasteiger partial charge in [-0.2, -0.15) is 0 Å². The average molecular weight is 224 g/mol. The number of aliphatic hydroxyl groups is 1. The molecule has 1 aromatic rings.